The van der Waals surface area contributed by atoms with Crippen molar-refractivity contribution in [2.45, 2.75) is 22.6 Å². The Hall–Kier alpha value is -1.11. The van der Waals surface area contributed by atoms with E-state index in [0.29, 0.717) is 0 Å². The van der Waals surface area contributed by atoms with Crippen LogP contribution in [0.2, 0.25) is 5.02 Å². The molecule has 1 saturated heterocycles. The molecule has 1 aliphatic rings. The summed E-state index contributed by atoms with van der Waals surface area (Å²) < 4.78 is 29.5. The van der Waals surface area contributed by atoms with Crippen LogP contribution in [0.1, 0.15) is 6.42 Å². The van der Waals surface area contributed by atoms with Gasteiger partial charge in [0, 0.05) is 6.54 Å². The first-order chi connectivity index (χ1) is 8.96. The zero-order valence-electron chi connectivity index (χ0n) is 10.3. The quantitative estimate of drug-likeness (QED) is 0.844. The molecule has 1 heterocycles. The molecule has 104 valence electrons. The van der Waals surface area contributed by atoms with Gasteiger partial charge in [0.25, 0.3) is 0 Å². The monoisotopic (exact) mass is 303 g/mol. The summed E-state index contributed by atoms with van der Waals surface area (Å²) in [6.45, 7) is 0.216. The molecule has 7 heteroatoms. The highest BCUT2D eigenvalue weighted by atomic mass is 35.5. The zero-order valence-corrected chi connectivity index (χ0v) is 11.9. The highest BCUT2D eigenvalue weighted by Gasteiger charge is 2.39. The number of sulfone groups is 1. The second-order valence-electron chi connectivity index (χ2n) is 4.32. The van der Waals surface area contributed by atoms with Crippen LogP contribution in [-0.2, 0) is 19.4 Å². The first kappa shape index (κ1) is 14.3. The van der Waals surface area contributed by atoms with Gasteiger partial charge in [-0.05, 0) is 18.6 Å². The SMILES string of the molecule is COC(=O)[C@@H]1C[C@H](S(=O)(=O)c2ccccc2Cl)CN1. The van der Waals surface area contributed by atoms with E-state index in [1.165, 1.54) is 19.2 Å². The molecule has 1 aromatic rings. The minimum atomic E-state index is -3.55. The summed E-state index contributed by atoms with van der Waals surface area (Å²) in [4.78, 5) is 11.5. The first-order valence-corrected chi connectivity index (χ1v) is 7.69. The van der Waals surface area contributed by atoms with Gasteiger partial charge in [-0.1, -0.05) is 23.7 Å². The van der Waals surface area contributed by atoms with Crippen LogP contribution < -0.4 is 5.32 Å². The largest absolute Gasteiger partial charge is 0.468 e. The first-order valence-electron chi connectivity index (χ1n) is 5.76. The number of esters is 1. The molecule has 0 saturated carbocycles. The lowest BCUT2D eigenvalue weighted by Crippen LogP contribution is -2.31. The number of ether oxygens (including phenoxy) is 1. The van der Waals surface area contributed by atoms with Gasteiger partial charge in [-0.25, -0.2) is 8.42 Å². The van der Waals surface area contributed by atoms with Gasteiger partial charge in [0.1, 0.15) is 6.04 Å². The minimum absolute atomic E-state index is 0.106. The summed E-state index contributed by atoms with van der Waals surface area (Å²) >= 11 is 5.92. The Morgan fingerprint density at radius 3 is 2.74 bits per heavy atom. The normalized spacial score (nSPS) is 23.3. The van der Waals surface area contributed by atoms with Crippen molar-refractivity contribution in [3.63, 3.8) is 0 Å². The van der Waals surface area contributed by atoms with E-state index in [0.717, 1.165) is 0 Å². The second-order valence-corrected chi connectivity index (χ2v) is 6.92. The van der Waals surface area contributed by atoms with E-state index in [1.54, 1.807) is 12.1 Å². The van der Waals surface area contributed by atoms with E-state index in [4.69, 9.17) is 11.6 Å². The predicted octanol–water partition coefficient (Wildman–Crippen LogP) is 1.02. The maximum Gasteiger partial charge on any atom is 0.322 e. The van der Waals surface area contributed by atoms with Crippen LogP contribution in [0.4, 0.5) is 0 Å². The molecule has 19 heavy (non-hydrogen) atoms. The van der Waals surface area contributed by atoms with Gasteiger partial charge in [0.15, 0.2) is 9.84 Å². The Kier molecular flexibility index (Phi) is 4.13. The fourth-order valence-corrected chi connectivity index (χ4v) is 4.30. The third-order valence-electron chi connectivity index (χ3n) is 3.16. The summed E-state index contributed by atoms with van der Waals surface area (Å²) in [6, 6.07) is 5.73. The summed E-state index contributed by atoms with van der Waals surface area (Å²) in [5, 5.41) is 2.38. The van der Waals surface area contributed by atoms with Gasteiger partial charge >= 0.3 is 5.97 Å². The van der Waals surface area contributed by atoms with Gasteiger partial charge < -0.3 is 10.1 Å². The molecule has 1 aliphatic heterocycles. The topological polar surface area (TPSA) is 72.5 Å². The molecular weight excluding hydrogens is 290 g/mol. The van der Waals surface area contributed by atoms with Crippen LogP contribution >= 0.6 is 11.6 Å². The lowest BCUT2D eigenvalue weighted by atomic mass is 10.2. The van der Waals surface area contributed by atoms with Crippen molar-refractivity contribution >= 4 is 27.4 Å². The van der Waals surface area contributed by atoms with Crippen LogP contribution in [0.5, 0.6) is 0 Å². The molecule has 0 aromatic heterocycles. The Labute approximate surface area is 116 Å². The molecule has 1 fully saturated rings. The third-order valence-corrected chi connectivity index (χ3v) is 5.81. The standard InChI is InChI=1S/C12H14ClNO4S/c1-18-12(15)10-6-8(7-14-10)19(16,17)11-5-3-2-4-9(11)13/h2-5,8,10,14H,6-7H2,1H3/t8-,10-/m0/s1. The summed E-state index contributed by atoms with van der Waals surface area (Å²) in [5.41, 5.74) is 0. The van der Waals surface area contributed by atoms with Gasteiger partial charge in [-0.2, -0.15) is 0 Å². The van der Waals surface area contributed by atoms with Crippen molar-refractivity contribution in [2.75, 3.05) is 13.7 Å². The van der Waals surface area contributed by atoms with Gasteiger partial charge in [-0.15, -0.1) is 0 Å². The number of rotatable bonds is 3. The lowest BCUT2D eigenvalue weighted by molar-refractivity contribution is -0.142. The fraction of sp³-hybridized carbons (Fsp3) is 0.417. The summed E-state index contributed by atoms with van der Waals surface area (Å²) in [6.07, 6.45) is 0.195. The van der Waals surface area contributed by atoms with Crippen molar-refractivity contribution in [3.8, 4) is 0 Å². The molecule has 0 spiro atoms. The van der Waals surface area contributed by atoms with E-state index in [1.807, 2.05) is 0 Å². The maximum absolute atomic E-state index is 12.4. The molecule has 2 atom stereocenters. The fourth-order valence-electron chi connectivity index (χ4n) is 2.12. The molecule has 0 amide bonds. The van der Waals surface area contributed by atoms with Gasteiger partial charge in [0.05, 0.1) is 22.3 Å². The van der Waals surface area contributed by atoms with Crippen molar-refractivity contribution in [2.24, 2.45) is 0 Å². The molecular formula is C12H14ClNO4S. The number of nitrogens with one attached hydrogen (secondary N) is 1. The van der Waals surface area contributed by atoms with Crippen LogP contribution in [0.15, 0.2) is 29.2 Å². The molecule has 5 nitrogen and oxygen atoms in total. The average molecular weight is 304 g/mol. The highest BCUT2D eigenvalue weighted by Crippen LogP contribution is 2.28. The van der Waals surface area contributed by atoms with E-state index in [9.17, 15) is 13.2 Å². The van der Waals surface area contributed by atoms with Crippen molar-refractivity contribution in [1.82, 2.24) is 5.32 Å². The highest BCUT2D eigenvalue weighted by molar-refractivity contribution is 7.92. The molecule has 0 unspecified atom stereocenters. The molecule has 0 radical (unpaired) electrons. The zero-order chi connectivity index (χ0) is 14.0. The van der Waals surface area contributed by atoms with Crippen molar-refractivity contribution in [1.29, 1.82) is 0 Å². The molecule has 1 N–H and O–H groups in total. The Balaban J connectivity index is 2.24. The van der Waals surface area contributed by atoms with Gasteiger partial charge in [0.2, 0.25) is 0 Å². The van der Waals surface area contributed by atoms with Crippen molar-refractivity contribution < 1.29 is 17.9 Å². The predicted molar refractivity (Wildman–Crippen MR) is 70.8 cm³/mol. The number of halogens is 1. The van der Waals surface area contributed by atoms with E-state index < -0.39 is 27.1 Å². The van der Waals surface area contributed by atoms with Crippen LogP contribution in [0.25, 0.3) is 0 Å². The molecule has 0 aliphatic carbocycles. The van der Waals surface area contributed by atoms with Gasteiger partial charge in [-0.3, -0.25) is 4.79 Å². The average Bonchev–Trinajstić information content (AvgIpc) is 2.88. The Bertz CT molecular complexity index is 587. The van der Waals surface area contributed by atoms with E-state index in [2.05, 4.69) is 10.1 Å². The Morgan fingerprint density at radius 2 is 2.11 bits per heavy atom. The number of benzene rings is 1. The third kappa shape index (κ3) is 2.75. The van der Waals surface area contributed by atoms with E-state index >= 15 is 0 Å². The smallest absolute Gasteiger partial charge is 0.322 e. The number of carbonyl (C=O) groups excluding carboxylic acids is 1. The molecule has 2 rings (SSSR count). The number of methoxy groups -OCH3 is 1. The van der Waals surface area contributed by atoms with E-state index in [-0.39, 0.29) is 22.9 Å². The van der Waals surface area contributed by atoms with Crippen molar-refractivity contribution in [3.05, 3.63) is 29.3 Å². The second kappa shape index (κ2) is 5.48. The summed E-state index contributed by atoms with van der Waals surface area (Å²) in [5.74, 6) is -0.447. The van der Waals surface area contributed by atoms with Crippen LogP contribution in [0, 0.1) is 0 Å². The lowest BCUT2D eigenvalue weighted by Gasteiger charge is -2.12. The Morgan fingerprint density at radius 1 is 1.42 bits per heavy atom. The molecule has 1 aromatic carbocycles. The number of hydrogen-bond donors (Lipinski definition) is 1. The molecule has 0 bridgehead atoms. The minimum Gasteiger partial charge on any atom is -0.468 e. The number of hydrogen-bond acceptors (Lipinski definition) is 5. The van der Waals surface area contributed by atoms with Crippen LogP contribution in [0.3, 0.4) is 0 Å². The van der Waals surface area contributed by atoms with Crippen LogP contribution in [-0.4, -0.2) is 39.3 Å². The summed E-state index contributed by atoms with van der Waals surface area (Å²) in [7, 11) is -2.27. The maximum atomic E-state index is 12.4. The number of carbonyl (C=O) groups is 1.